The van der Waals surface area contributed by atoms with Crippen LogP contribution in [0.25, 0.3) is 0 Å². The topological polar surface area (TPSA) is 47.6 Å². The number of nitrogens with one attached hydrogen (secondary N) is 1. The lowest BCUT2D eigenvalue weighted by molar-refractivity contribution is 0.0686. The van der Waals surface area contributed by atoms with Gasteiger partial charge in [0.2, 0.25) is 0 Å². The van der Waals surface area contributed by atoms with Crippen molar-refractivity contribution in [1.29, 1.82) is 0 Å². The molecule has 1 rings (SSSR count). The highest BCUT2D eigenvalue weighted by atomic mass is 79.9. The molecule has 0 spiro atoms. The molecule has 1 N–H and O–H groups in total. The van der Waals surface area contributed by atoms with E-state index in [0.717, 1.165) is 12.8 Å². The molecule has 1 amide bonds. The van der Waals surface area contributed by atoms with E-state index >= 15 is 0 Å². The minimum Gasteiger partial charge on any atom is -0.382 e. The molecule has 6 heteroatoms. The zero-order valence-corrected chi connectivity index (χ0v) is 13.0. The quantitative estimate of drug-likeness (QED) is 0.698. The maximum atomic E-state index is 13.5. The third-order valence-electron chi connectivity index (χ3n) is 2.62. The van der Waals surface area contributed by atoms with Crippen LogP contribution in [0.3, 0.4) is 0 Å². The van der Waals surface area contributed by atoms with Crippen molar-refractivity contribution >= 4 is 21.8 Å². The van der Waals surface area contributed by atoms with Gasteiger partial charge in [0.1, 0.15) is 5.82 Å². The van der Waals surface area contributed by atoms with Crippen LogP contribution in [-0.4, -0.2) is 39.4 Å². The molecule has 0 radical (unpaired) electrons. The van der Waals surface area contributed by atoms with Crippen molar-refractivity contribution in [3.8, 4) is 0 Å². The molecule has 1 aromatic carbocycles. The fraction of sp³-hybridized carbons (Fsp3) is 0.500. The van der Waals surface area contributed by atoms with Crippen molar-refractivity contribution in [3.63, 3.8) is 0 Å². The molecule has 0 aliphatic rings. The summed E-state index contributed by atoms with van der Waals surface area (Å²) in [6.07, 6.45) is 1.62. The second-order valence-corrected chi connectivity index (χ2v) is 5.02. The van der Waals surface area contributed by atoms with Gasteiger partial charge in [-0.2, -0.15) is 0 Å². The first-order chi connectivity index (χ1) is 9.66. The van der Waals surface area contributed by atoms with E-state index in [2.05, 4.69) is 21.2 Å². The van der Waals surface area contributed by atoms with Crippen molar-refractivity contribution in [2.75, 3.05) is 33.5 Å². The highest BCUT2D eigenvalue weighted by Gasteiger charge is 2.14. The van der Waals surface area contributed by atoms with Crippen molar-refractivity contribution in [3.05, 3.63) is 34.1 Å². The van der Waals surface area contributed by atoms with Crippen LogP contribution >= 0.6 is 15.9 Å². The van der Waals surface area contributed by atoms with E-state index < -0.39 is 11.7 Å². The molecule has 4 nitrogen and oxygen atoms in total. The van der Waals surface area contributed by atoms with E-state index in [1.807, 2.05) is 0 Å². The van der Waals surface area contributed by atoms with Crippen LogP contribution in [0.1, 0.15) is 23.2 Å². The Balaban J connectivity index is 2.21. The first kappa shape index (κ1) is 17.1. The summed E-state index contributed by atoms with van der Waals surface area (Å²) >= 11 is 3.17. The maximum absolute atomic E-state index is 13.5. The van der Waals surface area contributed by atoms with E-state index in [0.29, 0.717) is 30.8 Å². The maximum Gasteiger partial charge on any atom is 0.255 e. The number of hydrogen-bond acceptors (Lipinski definition) is 3. The SMILES string of the molecule is COCCOCCCCNC(=O)c1c(F)cccc1Br. The Kier molecular flexibility index (Phi) is 8.41. The molecule has 112 valence electrons. The Bertz CT molecular complexity index is 409. The molecule has 0 heterocycles. The number of hydrogen-bond donors (Lipinski definition) is 1. The van der Waals surface area contributed by atoms with Gasteiger partial charge in [0.05, 0.1) is 18.8 Å². The Morgan fingerprint density at radius 3 is 2.80 bits per heavy atom. The molecule has 0 aliphatic heterocycles. The van der Waals surface area contributed by atoms with Crippen molar-refractivity contribution in [1.82, 2.24) is 5.32 Å². The predicted octanol–water partition coefficient (Wildman–Crippen LogP) is 2.76. The van der Waals surface area contributed by atoms with Gasteiger partial charge in [-0.15, -0.1) is 0 Å². The van der Waals surface area contributed by atoms with Gasteiger partial charge in [0, 0.05) is 24.7 Å². The monoisotopic (exact) mass is 347 g/mol. The number of rotatable bonds is 9. The summed E-state index contributed by atoms with van der Waals surface area (Å²) in [6.45, 7) is 2.28. The lowest BCUT2D eigenvalue weighted by Gasteiger charge is -2.08. The normalized spacial score (nSPS) is 10.6. The van der Waals surface area contributed by atoms with Crippen LogP contribution in [0.4, 0.5) is 4.39 Å². The second-order valence-electron chi connectivity index (χ2n) is 4.16. The molecular weight excluding hydrogens is 329 g/mol. The number of benzene rings is 1. The summed E-state index contributed by atoms with van der Waals surface area (Å²) in [5, 5.41) is 2.69. The average molecular weight is 348 g/mol. The molecule has 20 heavy (non-hydrogen) atoms. The standard InChI is InChI=1S/C14H19BrFNO3/c1-19-9-10-20-8-3-2-7-17-14(18)13-11(15)5-4-6-12(13)16/h4-6H,2-3,7-10H2,1H3,(H,17,18). The third kappa shape index (κ3) is 5.98. The Hall–Kier alpha value is -0.980. The van der Waals surface area contributed by atoms with E-state index in [9.17, 15) is 9.18 Å². The number of halogens is 2. The highest BCUT2D eigenvalue weighted by Crippen LogP contribution is 2.19. The Labute approximate surface area is 126 Å². The molecule has 0 bridgehead atoms. The molecule has 0 unspecified atom stereocenters. The second kappa shape index (κ2) is 9.85. The van der Waals surface area contributed by atoms with Crippen molar-refractivity contribution in [2.45, 2.75) is 12.8 Å². The molecule has 0 atom stereocenters. The first-order valence-corrected chi connectivity index (χ1v) is 7.25. The van der Waals surface area contributed by atoms with Gasteiger partial charge in [-0.3, -0.25) is 4.79 Å². The third-order valence-corrected chi connectivity index (χ3v) is 3.28. The van der Waals surface area contributed by atoms with Gasteiger partial charge < -0.3 is 14.8 Å². The number of amides is 1. The number of unbranched alkanes of at least 4 members (excludes halogenated alkanes) is 1. The number of methoxy groups -OCH3 is 1. The largest absolute Gasteiger partial charge is 0.382 e. The molecule has 0 aromatic heterocycles. The smallest absolute Gasteiger partial charge is 0.255 e. The molecule has 0 aliphatic carbocycles. The fourth-order valence-corrected chi connectivity index (χ4v) is 2.10. The van der Waals surface area contributed by atoms with E-state index in [-0.39, 0.29) is 5.56 Å². The summed E-state index contributed by atoms with van der Waals surface area (Å²) in [5.41, 5.74) is 0.0452. The van der Waals surface area contributed by atoms with E-state index in [4.69, 9.17) is 9.47 Å². The molecule has 0 saturated heterocycles. The molecule has 0 saturated carbocycles. The zero-order chi connectivity index (χ0) is 14.8. The lowest BCUT2D eigenvalue weighted by Crippen LogP contribution is -2.26. The van der Waals surface area contributed by atoms with Crippen molar-refractivity contribution < 1.29 is 18.7 Å². The van der Waals surface area contributed by atoms with Crippen molar-refractivity contribution in [2.24, 2.45) is 0 Å². The van der Waals surface area contributed by atoms with E-state index in [1.165, 1.54) is 6.07 Å². The summed E-state index contributed by atoms with van der Waals surface area (Å²) < 4.78 is 24.1. The van der Waals surface area contributed by atoms with Crippen LogP contribution in [0.2, 0.25) is 0 Å². The number of ether oxygens (including phenoxy) is 2. The minimum atomic E-state index is -0.528. The van der Waals surface area contributed by atoms with Gasteiger partial charge in [-0.25, -0.2) is 4.39 Å². The van der Waals surface area contributed by atoms with Gasteiger partial charge in [0.25, 0.3) is 5.91 Å². The zero-order valence-electron chi connectivity index (χ0n) is 11.5. The van der Waals surface area contributed by atoms with Crippen LogP contribution in [0.5, 0.6) is 0 Å². The summed E-state index contributed by atoms with van der Waals surface area (Å²) in [4.78, 5) is 11.8. The Morgan fingerprint density at radius 2 is 2.10 bits per heavy atom. The predicted molar refractivity (Wildman–Crippen MR) is 78.4 cm³/mol. The van der Waals surface area contributed by atoms with Crippen LogP contribution < -0.4 is 5.32 Å². The average Bonchev–Trinajstić information content (AvgIpc) is 2.41. The fourth-order valence-electron chi connectivity index (χ4n) is 1.58. The minimum absolute atomic E-state index is 0.0452. The summed E-state index contributed by atoms with van der Waals surface area (Å²) in [7, 11) is 1.62. The van der Waals surface area contributed by atoms with Crippen LogP contribution in [0.15, 0.2) is 22.7 Å². The summed E-state index contributed by atoms with van der Waals surface area (Å²) in [5.74, 6) is -0.935. The van der Waals surface area contributed by atoms with E-state index in [1.54, 1.807) is 19.2 Å². The molecule has 1 aromatic rings. The highest BCUT2D eigenvalue weighted by molar-refractivity contribution is 9.10. The van der Waals surface area contributed by atoms with Gasteiger partial charge >= 0.3 is 0 Å². The Morgan fingerprint density at radius 1 is 1.30 bits per heavy atom. The number of carbonyl (C=O) groups excluding carboxylic acids is 1. The van der Waals surface area contributed by atoms with Gasteiger partial charge in [-0.1, -0.05) is 6.07 Å². The van der Waals surface area contributed by atoms with Crippen LogP contribution in [0, 0.1) is 5.82 Å². The summed E-state index contributed by atoms with van der Waals surface area (Å²) in [6, 6.07) is 4.46. The molecular formula is C14H19BrFNO3. The first-order valence-electron chi connectivity index (χ1n) is 6.45. The molecule has 0 fully saturated rings. The number of carbonyl (C=O) groups is 1. The van der Waals surface area contributed by atoms with Crippen LogP contribution in [-0.2, 0) is 9.47 Å². The van der Waals surface area contributed by atoms with Gasteiger partial charge in [-0.05, 0) is 40.9 Å². The van der Waals surface area contributed by atoms with Gasteiger partial charge in [0.15, 0.2) is 0 Å². The lowest BCUT2D eigenvalue weighted by atomic mass is 10.2.